The van der Waals surface area contributed by atoms with Gasteiger partial charge in [0.05, 0.1) is 7.11 Å². The standard InChI is InChI=1S/C16H27N3O/c1-5-7-12-18-16(17-6-2)19(3)13-14-8-10-15(20-4)11-9-14/h8-11H,5-7,12-13H2,1-4H3,(H,17,18). The number of nitrogens with zero attached hydrogens (tertiary/aromatic N) is 2. The van der Waals surface area contributed by atoms with Crippen LogP contribution in [-0.4, -0.2) is 38.1 Å². The number of benzene rings is 1. The fraction of sp³-hybridized carbons (Fsp3) is 0.562. The van der Waals surface area contributed by atoms with Gasteiger partial charge in [-0.25, -0.2) is 0 Å². The van der Waals surface area contributed by atoms with Crippen LogP contribution in [0.3, 0.4) is 0 Å². The van der Waals surface area contributed by atoms with Crippen molar-refractivity contribution in [3.05, 3.63) is 29.8 Å². The van der Waals surface area contributed by atoms with Crippen molar-refractivity contribution in [2.24, 2.45) is 4.99 Å². The van der Waals surface area contributed by atoms with Crippen LogP contribution in [0.2, 0.25) is 0 Å². The first-order chi connectivity index (χ1) is 9.71. The van der Waals surface area contributed by atoms with Crippen LogP contribution in [0.25, 0.3) is 0 Å². The SMILES string of the molecule is CCCCN=C(NCC)N(C)Cc1ccc(OC)cc1. The third-order valence-electron chi connectivity index (χ3n) is 3.05. The van der Waals surface area contributed by atoms with E-state index in [4.69, 9.17) is 4.74 Å². The van der Waals surface area contributed by atoms with E-state index in [1.54, 1.807) is 7.11 Å². The van der Waals surface area contributed by atoms with E-state index < -0.39 is 0 Å². The zero-order valence-electron chi connectivity index (χ0n) is 13.1. The van der Waals surface area contributed by atoms with E-state index in [0.29, 0.717) is 0 Å². The summed E-state index contributed by atoms with van der Waals surface area (Å²) >= 11 is 0. The molecule has 1 rings (SSSR count). The number of nitrogens with one attached hydrogen (secondary N) is 1. The van der Waals surface area contributed by atoms with E-state index in [1.807, 2.05) is 12.1 Å². The van der Waals surface area contributed by atoms with Gasteiger partial charge in [-0.15, -0.1) is 0 Å². The Balaban J connectivity index is 2.63. The molecule has 0 fully saturated rings. The molecule has 0 saturated carbocycles. The van der Waals surface area contributed by atoms with Crippen molar-refractivity contribution in [1.82, 2.24) is 10.2 Å². The van der Waals surface area contributed by atoms with Crippen molar-refractivity contribution in [1.29, 1.82) is 0 Å². The van der Waals surface area contributed by atoms with Crippen molar-refractivity contribution < 1.29 is 4.74 Å². The number of methoxy groups -OCH3 is 1. The number of aliphatic imine (C=N–C) groups is 1. The Bertz CT molecular complexity index is 401. The van der Waals surface area contributed by atoms with Gasteiger partial charge in [0.2, 0.25) is 0 Å². The first-order valence-corrected chi connectivity index (χ1v) is 7.33. The summed E-state index contributed by atoms with van der Waals surface area (Å²) in [5.74, 6) is 1.86. The van der Waals surface area contributed by atoms with Gasteiger partial charge in [-0.05, 0) is 31.0 Å². The summed E-state index contributed by atoms with van der Waals surface area (Å²) in [5, 5.41) is 3.34. The van der Waals surface area contributed by atoms with Crippen LogP contribution in [0.1, 0.15) is 32.3 Å². The second-order valence-electron chi connectivity index (χ2n) is 4.79. The van der Waals surface area contributed by atoms with Gasteiger partial charge < -0.3 is 15.0 Å². The largest absolute Gasteiger partial charge is 0.497 e. The maximum atomic E-state index is 5.18. The molecular weight excluding hydrogens is 250 g/mol. The molecular formula is C16H27N3O. The predicted molar refractivity (Wildman–Crippen MR) is 85.3 cm³/mol. The molecule has 0 unspecified atom stereocenters. The number of hydrogen-bond acceptors (Lipinski definition) is 2. The van der Waals surface area contributed by atoms with Crippen molar-refractivity contribution >= 4 is 5.96 Å². The summed E-state index contributed by atoms with van der Waals surface area (Å²) in [6.45, 7) is 6.88. The highest BCUT2D eigenvalue weighted by atomic mass is 16.5. The highest BCUT2D eigenvalue weighted by Crippen LogP contribution is 2.12. The van der Waals surface area contributed by atoms with E-state index >= 15 is 0 Å². The Morgan fingerprint density at radius 1 is 1.25 bits per heavy atom. The molecule has 0 atom stereocenters. The summed E-state index contributed by atoms with van der Waals surface area (Å²) in [5.41, 5.74) is 1.24. The normalized spacial score (nSPS) is 11.3. The summed E-state index contributed by atoms with van der Waals surface area (Å²) in [7, 11) is 3.75. The Hall–Kier alpha value is -1.71. The van der Waals surface area contributed by atoms with Crippen molar-refractivity contribution in [3.8, 4) is 5.75 Å². The summed E-state index contributed by atoms with van der Waals surface area (Å²) < 4.78 is 5.18. The highest BCUT2D eigenvalue weighted by molar-refractivity contribution is 5.79. The molecule has 0 spiro atoms. The molecule has 4 heteroatoms. The number of unbranched alkanes of at least 4 members (excludes halogenated alkanes) is 1. The number of hydrogen-bond donors (Lipinski definition) is 1. The van der Waals surface area contributed by atoms with Crippen LogP contribution in [0, 0.1) is 0 Å². The number of guanidine groups is 1. The van der Waals surface area contributed by atoms with E-state index in [2.05, 4.69) is 48.2 Å². The second kappa shape index (κ2) is 9.23. The van der Waals surface area contributed by atoms with Crippen LogP contribution in [0.4, 0.5) is 0 Å². The topological polar surface area (TPSA) is 36.9 Å². The minimum atomic E-state index is 0.835. The van der Waals surface area contributed by atoms with Gasteiger partial charge >= 0.3 is 0 Å². The molecule has 0 amide bonds. The lowest BCUT2D eigenvalue weighted by atomic mass is 10.2. The lowest BCUT2D eigenvalue weighted by Crippen LogP contribution is -2.38. The van der Waals surface area contributed by atoms with Gasteiger partial charge in [-0.3, -0.25) is 4.99 Å². The lowest BCUT2D eigenvalue weighted by molar-refractivity contribution is 0.414. The van der Waals surface area contributed by atoms with Crippen LogP contribution in [-0.2, 0) is 6.54 Å². The minimum absolute atomic E-state index is 0.835. The second-order valence-corrected chi connectivity index (χ2v) is 4.79. The third-order valence-corrected chi connectivity index (χ3v) is 3.05. The third kappa shape index (κ3) is 5.51. The molecule has 0 saturated heterocycles. The zero-order chi connectivity index (χ0) is 14.8. The molecule has 0 aliphatic carbocycles. The van der Waals surface area contributed by atoms with Gasteiger partial charge in [-0.2, -0.15) is 0 Å². The minimum Gasteiger partial charge on any atom is -0.497 e. The van der Waals surface area contributed by atoms with E-state index in [1.165, 1.54) is 12.0 Å². The molecule has 1 aromatic carbocycles. The first-order valence-electron chi connectivity index (χ1n) is 7.33. The smallest absolute Gasteiger partial charge is 0.193 e. The molecule has 0 aliphatic heterocycles. The molecule has 1 aromatic rings. The Kier molecular flexibility index (Phi) is 7.55. The Morgan fingerprint density at radius 3 is 2.50 bits per heavy atom. The first kappa shape index (κ1) is 16.3. The lowest BCUT2D eigenvalue weighted by Gasteiger charge is -2.22. The quantitative estimate of drug-likeness (QED) is 0.473. The molecule has 20 heavy (non-hydrogen) atoms. The zero-order valence-corrected chi connectivity index (χ0v) is 13.1. The maximum Gasteiger partial charge on any atom is 0.193 e. The average Bonchev–Trinajstić information content (AvgIpc) is 2.47. The molecule has 0 aromatic heterocycles. The molecule has 0 bridgehead atoms. The van der Waals surface area contributed by atoms with Crippen LogP contribution < -0.4 is 10.1 Å². The predicted octanol–water partition coefficient (Wildman–Crippen LogP) is 2.89. The fourth-order valence-electron chi connectivity index (χ4n) is 1.89. The van der Waals surface area contributed by atoms with Crippen LogP contribution >= 0.6 is 0 Å². The molecule has 0 radical (unpaired) electrons. The van der Waals surface area contributed by atoms with Crippen LogP contribution in [0.15, 0.2) is 29.3 Å². The highest BCUT2D eigenvalue weighted by Gasteiger charge is 2.06. The van der Waals surface area contributed by atoms with Gasteiger partial charge in [-0.1, -0.05) is 25.5 Å². The molecule has 0 heterocycles. The maximum absolute atomic E-state index is 5.18. The monoisotopic (exact) mass is 277 g/mol. The number of ether oxygens (including phenoxy) is 1. The molecule has 4 nitrogen and oxygen atoms in total. The van der Waals surface area contributed by atoms with E-state index in [9.17, 15) is 0 Å². The van der Waals surface area contributed by atoms with Gasteiger partial charge in [0, 0.05) is 26.7 Å². The van der Waals surface area contributed by atoms with Gasteiger partial charge in [0.15, 0.2) is 5.96 Å². The van der Waals surface area contributed by atoms with Crippen LogP contribution in [0.5, 0.6) is 5.75 Å². The Morgan fingerprint density at radius 2 is 1.95 bits per heavy atom. The number of rotatable bonds is 7. The molecule has 112 valence electrons. The Labute approximate surface area is 122 Å². The van der Waals surface area contributed by atoms with Crippen molar-refractivity contribution in [3.63, 3.8) is 0 Å². The summed E-state index contributed by atoms with van der Waals surface area (Å²) in [6.07, 6.45) is 2.30. The average molecular weight is 277 g/mol. The summed E-state index contributed by atoms with van der Waals surface area (Å²) in [4.78, 5) is 6.79. The van der Waals surface area contributed by atoms with Gasteiger partial charge in [0.1, 0.15) is 5.75 Å². The van der Waals surface area contributed by atoms with E-state index in [0.717, 1.165) is 37.8 Å². The van der Waals surface area contributed by atoms with Crippen molar-refractivity contribution in [2.45, 2.75) is 33.2 Å². The summed E-state index contributed by atoms with van der Waals surface area (Å²) in [6, 6.07) is 8.16. The molecule has 1 N–H and O–H groups in total. The van der Waals surface area contributed by atoms with Gasteiger partial charge in [0.25, 0.3) is 0 Å². The molecule has 0 aliphatic rings. The fourth-order valence-corrected chi connectivity index (χ4v) is 1.89. The van der Waals surface area contributed by atoms with E-state index in [-0.39, 0.29) is 0 Å². The van der Waals surface area contributed by atoms with Crippen molar-refractivity contribution in [2.75, 3.05) is 27.2 Å².